The summed E-state index contributed by atoms with van der Waals surface area (Å²) in [4.78, 5) is 4.27. The quantitative estimate of drug-likeness (QED) is 0.349. The predicted octanol–water partition coefficient (Wildman–Crippen LogP) is 2.15. The first-order chi connectivity index (χ1) is 9.29. The van der Waals surface area contributed by atoms with Gasteiger partial charge in [0.1, 0.15) is 6.61 Å². The smallest absolute Gasteiger partial charge is 0.188 e. The molecule has 0 amide bonds. The fourth-order valence-electron chi connectivity index (χ4n) is 1.80. The number of unbranched alkanes of at least 4 members (excludes halogenated alkanes) is 1. The minimum atomic E-state index is -0.0820. The summed E-state index contributed by atoms with van der Waals surface area (Å²) >= 11 is 0. The minimum absolute atomic E-state index is 0. The van der Waals surface area contributed by atoms with Gasteiger partial charge in [-0.25, -0.2) is 4.99 Å². The van der Waals surface area contributed by atoms with E-state index < -0.39 is 0 Å². The molecule has 1 aromatic carbocycles. The van der Waals surface area contributed by atoms with Gasteiger partial charge in [-0.1, -0.05) is 25.5 Å². The molecular weight excluding hydrogens is 369 g/mol. The topological polar surface area (TPSA) is 68.9 Å². The average molecular weight is 391 g/mol. The normalized spacial score (nSPS) is 17.2. The van der Waals surface area contributed by atoms with Crippen LogP contribution in [-0.4, -0.2) is 31.8 Å². The lowest BCUT2D eigenvalue weighted by atomic mass is 10.2. The van der Waals surface area contributed by atoms with Crippen LogP contribution in [0.4, 0.5) is 0 Å². The predicted molar refractivity (Wildman–Crippen MR) is 91.2 cm³/mol. The van der Waals surface area contributed by atoms with Crippen LogP contribution in [0.3, 0.4) is 0 Å². The lowest BCUT2D eigenvalue weighted by Gasteiger charge is -2.25. The molecule has 1 unspecified atom stereocenters. The number of fused-ring (bicyclic) bond motifs is 1. The van der Waals surface area contributed by atoms with Gasteiger partial charge in [0.2, 0.25) is 0 Å². The van der Waals surface area contributed by atoms with Gasteiger partial charge >= 0.3 is 0 Å². The van der Waals surface area contributed by atoms with E-state index in [2.05, 4.69) is 17.2 Å². The third kappa shape index (κ3) is 5.07. The minimum Gasteiger partial charge on any atom is -0.486 e. The van der Waals surface area contributed by atoms with E-state index in [1.54, 1.807) is 0 Å². The summed E-state index contributed by atoms with van der Waals surface area (Å²) in [6, 6.07) is 7.65. The van der Waals surface area contributed by atoms with Crippen LogP contribution in [0.2, 0.25) is 0 Å². The molecule has 6 heteroatoms. The summed E-state index contributed by atoms with van der Waals surface area (Å²) < 4.78 is 11.4. The zero-order valence-corrected chi connectivity index (χ0v) is 14.0. The SMILES string of the molecule is CCCCNC(N)=NCC1COc2ccccc2O1.I. The molecule has 0 aromatic heterocycles. The lowest BCUT2D eigenvalue weighted by Crippen LogP contribution is -2.36. The number of hydrogen-bond donors (Lipinski definition) is 2. The molecule has 0 radical (unpaired) electrons. The summed E-state index contributed by atoms with van der Waals surface area (Å²) in [5.41, 5.74) is 5.77. The summed E-state index contributed by atoms with van der Waals surface area (Å²) in [6.07, 6.45) is 2.14. The Hall–Kier alpha value is -1.18. The van der Waals surface area contributed by atoms with Gasteiger partial charge in [-0.15, -0.1) is 24.0 Å². The second-order valence-corrected chi connectivity index (χ2v) is 4.50. The second kappa shape index (κ2) is 8.89. The van der Waals surface area contributed by atoms with Crippen molar-refractivity contribution < 1.29 is 9.47 Å². The number of nitrogens with two attached hydrogens (primary N) is 1. The Labute approximate surface area is 137 Å². The first-order valence-electron chi connectivity index (χ1n) is 6.72. The van der Waals surface area contributed by atoms with Crippen molar-refractivity contribution in [2.45, 2.75) is 25.9 Å². The van der Waals surface area contributed by atoms with Crippen molar-refractivity contribution in [2.24, 2.45) is 10.7 Å². The standard InChI is InChI=1S/C14H21N3O2.HI/c1-2-3-8-16-14(15)17-9-11-10-18-12-6-4-5-7-13(12)19-11;/h4-7,11H,2-3,8-10H2,1H3,(H3,15,16,17);1H. The van der Waals surface area contributed by atoms with Gasteiger partial charge in [-0.2, -0.15) is 0 Å². The molecule has 1 aromatic rings. The second-order valence-electron chi connectivity index (χ2n) is 4.50. The van der Waals surface area contributed by atoms with Gasteiger partial charge in [0, 0.05) is 6.54 Å². The fourth-order valence-corrected chi connectivity index (χ4v) is 1.80. The molecule has 0 spiro atoms. The molecule has 1 aliphatic rings. The Kier molecular flexibility index (Phi) is 7.50. The van der Waals surface area contributed by atoms with Gasteiger partial charge in [-0.3, -0.25) is 0 Å². The molecule has 3 N–H and O–H groups in total. The van der Waals surface area contributed by atoms with Crippen LogP contribution < -0.4 is 20.5 Å². The fraction of sp³-hybridized carbons (Fsp3) is 0.500. The summed E-state index contributed by atoms with van der Waals surface area (Å²) in [6.45, 7) is 4.00. The molecule has 112 valence electrons. The molecule has 0 fully saturated rings. The number of hydrogen-bond acceptors (Lipinski definition) is 3. The van der Waals surface area contributed by atoms with E-state index in [9.17, 15) is 0 Å². The number of ether oxygens (including phenoxy) is 2. The highest BCUT2D eigenvalue weighted by atomic mass is 127. The summed E-state index contributed by atoms with van der Waals surface area (Å²) in [5, 5.41) is 3.07. The highest BCUT2D eigenvalue weighted by Gasteiger charge is 2.19. The molecule has 0 bridgehead atoms. The van der Waals surface area contributed by atoms with Crippen molar-refractivity contribution in [3.63, 3.8) is 0 Å². The van der Waals surface area contributed by atoms with Gasteiger partial charge in [0.05, 0.1) is 6.54 Å². The summed E-state index contributed by atoms with van der Waals surface area (Å²) in [7, 11) is 0. The van der Waals surface area contributed by atoms with Crippen molar-refractivity contribution in [1.82, 2.24) is 5.32 Å². The van der Waals surface area contributed by atoms with Crippen LogP contribution in [0, 0.1) is 0 Å². The van der Waals surface area contributed by atoms with Gasteiger partial charge in [-0.05, 0) is 18.6 Å². The van der Waals surface area contributed by atoms with Gasteiger partial charge in [0.15, 0.2) is 23.6 Å². The molecule has 1 atom stereocenters. The Morgan fingerprint density at radius 1 is 1.40 bits per heavy atom. The third-order valence-corrected chi connectivity index (χ3v) is 2.87. The average Bonchev–Trinajstić information content (AvgIpc) is 2.45. The molecule has 0 saturated heterocycles. The van der Waals surface area contributed by atoms with E-state index in [1.165, 1.54) is 0 Å². The number of guanidine groups is 1. The number of halogens is 1. The van der Waals surface area contributed by atoms with Crippen molar-refractivity contribution in [3.8, 4) is 11.5 Å². The summed E-state index contributed by atoms with van der Waals surface area (Å²) in [5.74, 6) is 2.03. The highest BCUT2D eigenvalue weighted by Crippen LogP contribution is 2.30. The number of benzene rings is 1. The number of rotatable bonds is 5. The van der Waals surface area contributed by atoms with E-state index in [0.717, 1.165) is 30.9 Å². The molecule has 1 heterocycles. The maximum absolute atomic E-state index is 5.79. The van der Waals surface area contributed by atoms with Gasteiger partial charge in [0.25, 0.3) is 0 Å². The monoisotopic (exact) mass is 391 g/mol. The van der Waals surface area contributed by atoms with Crippen LogP contribution in [0.15, 0.2) is 29.3 Å². The molecule has 2 rings (SSSR count). The van der Waals surface area contributed by atoms with Crippen molar-refractivity contribution in [3.05, 3.63) is 24.3 Å². The van der Waals surface area contributed by atoms with Crippen LogP contribution >= 0.6 is 24.0 Å². The maximum Gasteiger partial charge on any atom is 0.188 e. The largest absolute Gasteiger partial charge is 0.486 e. The van der Waals surface area contributed by atoms with Crippen molar-refractivity contribution in [2.75, 3.05) is 19.7 Å². The molecule has 20 heavy (non-hydrogen) atoms. The van der Waals surface area contributed by atoms with E-state index in [0.29, 0.717) is 19.1 Å². The zero-order valence-electron chi connectivity index (χ0n) is 11.7. The molecule has 0 saturated carbocycles. The van der Waals surface area contributed by atoms with Crippen molar-refractivity contribution in [1.29, 1.82) is 0 Å². The number of nitrogens with zero attached hydrogens (tertiary/aromatic N) is 1. The van der Waals surface area contributed by atoms with Crippen LogP contribution in [0.5, 0.6) is 11.5 Å². The van der Waals surface area contributed by atoms with Crippen molar-refractivity contribution >= 4 is 29.9 Å². The van der Waals surface area contributed by atoms with Crippen LogP contribution in [0.25, 0.3) is 0 Å². The van der Waals surface area contributed by atoms with E-state index >= 15 is 0 Å². The van der Waals surface area contributed by atoms with E-state index in [1.807, 2.05) is 24.3 Å². The lowest BCUT2D eigenvalue weighted by molar-refractivity contribution is 0.0971. The number of nitrogens with one attached hydrogen (secondary N) is 1. The van der Waals surface area contributed by atoms with Crippen LogP contribution in [-0.2, 0) is 0 Å². The Morgan fingerprint density at radius 3 is 2.90 bits per heavy atom. The number of para-hydroxylation sites is 2. The first kappa shape index (κ1) is 16.9. The molecule has 0 aliphatic carbocycles. The Morgan fingerprint density at radius 2 is 2.15 bits per heavy atom. The number of aliphatic imine (C=N–C) groups is 1. The van der Waals surface area contributed by atoms with E-state index in [4.69, 9.17) is 15.2 Å². The molecule has 1 aliphatic heterocycles. The third-order valence-electron chi connectivity index (χ3n) is 2.87. The Bertz CT molecular complexity index is 440. The molecule has 5 nitrogen and oxygen atoms in total. The molecular formula is C14H22IN3O2. The van der Waals surface area contributed by atoms with Crippen LogP contribution in [0.1, 0.15) is 19.8 Å². The van der Waals surface area contributed by atoms with E-state index in [-0.39, 0.29) is 30.1 Å². The maximum atomic E-state index is 5.79. The first-order valence-corrected chi connectivity index (χ1v) is 6.72. The highest BCUT2D eigenvalue weighted by molar-refractivity contribution is 14.0. The van der Waals surface area contributed by atoms with Gasteiger partial charge < -0.3 is 20.5 Å². The Balaban J connectivity index is 0.00000200. The zero-order chi connectivity index (χ0) is 13.5.